The number of pyridine rings is 1. The summed E-state index contributed by atoms with van der Waals surface area (Å²) >= 11 is 0. The Balaban J connectivity index is 1.66. The van der Waals surface area contributed by atoms with Gasteiger partial charge in [0.05, 0.1) is 23.9 Å². The van der Waals surface area contributed by atoms with Gasteiger partial charge in [-0.25, -0.2) is 4.39 Å². The summed E-state index contributed by atoms with van der Waals surface area (Å²) in [6, 6.07) is 14.6. The van der Waals surface area contributed by atoms with Gasteiger partial charge in [-0.1, -0.05) is 24.3 Å². The standard InChI is InChI=1S/C24H17FN2O5/c25-17-7-2-1-6-16(17)21-20(22(28)14-8-9-18-19(11-14)32-13-31-18)23(29)24(30)27(21)12-15-5-3-4-10-26-15/h1-11,21,28H,12-13H2/b22-20+. The smallest absolute Gasteiger partial charge is 0.296 e. The van der Waals surface area contributed by atoms with Crippen LogP contribution in [-0.4, -0.2) is 33.5 Å². The molecule has 32 heavy (non-hydrogen) atoms. The summed E-state index contributed by atoms with van der Waals surface area (Å²) in [7, 11) is 0. The summed E-state index contributed by atoms with van der Waals surface area (Å²) in [5, 5.41) is 11.1. The number of likely N-dealkylation sites (tertiary alicyclic amines) is 1. The molecule has 1 amide bonds. The van der Waals surface area contributed by atoms with Crippen LogP contribution in [0.3, 0.4) is 0 Å². The molecule has 1 saturated heterocycles. The van der Waals surface area contributed by atoms with E-state index in [1.54, 1.807) is 42.6 Å². The third-order valence-corrected chi connectivity index (χ3v) is 5.44. The topological polar surface area (TPSA) is 89.0 Å². The number of hydrogen-bond acceptors (Lipinski definition) is 6. The van der Waals surface area contributed by atoms with Crippen molar-refractivity contribution in [3.63, 3.8) is 0 Å². The van der Waals surface area contributed by atoms with E-state index in [1.165, 1.54) is 29.2 Å². The molecular formula is C24H17FN2O5. The molecule has 1 fully saturated rings. The third-order valence-electron chi connectivity index (χ3n) is 5.44. The number of Topliss-reactive ketones (excluding diaryl/α,β-unsaturated/α-hetero) is 1. The van der Waals surface area contributed by atoms with Crippen molar-refractivity contribution in [2.75, 3.05) is 6.79 Å². The van der Waals surface area contributed by atoms with Crippen LogP contribution in [0.15, 0.2) is 72.4 Å². The van der Waals surface area contributed by atoms with Crippen LogP contribution in [0.1, 0.15) is 22.9 Å². The van der Waals surface area contributed by atoms with Crippen molar-refractivity contribution in [1.29, 1.82) is 0 Å². The van der Waals surface area contributed by atoms with Crippen molar-refractivity contribution in [3.8, 4) is 11.5 Å². The highest BCUT2D eigenvalue weighted by atomic mass is 19.1. The number of rotatable bonds is 4. The van der Waals surface area contributed by atoms with Gasteiger partial charge in [-0.3, -0.25) is 14.6 Å². The average Bonchev–Trinajstić information content (AvgIpc) is 3.38. The molecule has 1 unspecified atom stereocenters. The molecule has 0 radical (unpaired) electrons. The highest BCUT2D eigenvalue weighted by Gasteiger charge is 2.47. The Hall–Kier alpha value is -4.20. The van der Waals surface area contributed by atoms with E-state index in [9.17, 15) is 19.1 Å². The number of hydrogen-bond donors (Lipinski definition) is 1. The van der Waals surface area contributed by atoms with Gasteiger partial charge in [-0.2, -0.15) is 0 Å². The average molecular weight is 432 g/mol. The van der Waals surface area contributed by atoms with Gasteiger partial charge in [0.1, 0.15) is 11.6 Å². The van der Waals surface area contributed by atoms with Gasteiger partial charge < -0.3 is 19.5 Å². The molecule has 2 aliphatic heterocycles. The fourth-order valence-electron chi connectivity index (χ4n) is 3.93. The van der Waals surface area contributed by atoms with Gasteiger partial charge in [0, 0.05) is 17.3 Å². The molecule has 0 bridgehead atoms. The largest absolute Gasteiger partial charge is 0.507 e. The van der Waals surface area contributed by atoms with Gasteiger partial charge in [-0.15, -0.1) is 0 Å². The number of aliphatic hydroxyl groups is 1. The van der Waals surface area contributed by atoms with Gasteiger partial charge in [-0.05, 0) is 36.4 Å². The van der Waals surface area contributed by atoms with Crippen molar-refractivity contribution in [3.05, 3.63) is 95.1 Å². The number of carbonyl (C=O) groups excluding carboxylic acids is 2. The van der Waals surface area contributed by atoms with E-state index < -0.39 is 29.3 Å². The molecule has 0 spiro atoms. The first-order chi connectivity index (χ1) is 15.5. The minimum atomic E-state index is -1.12. The van der Waals surface area contributed by atoms with Crippen molar-refractivity contribution in [2.45, 2.75) is 12.6 Å². The predicted molar refractivity (Wildman–Crippen MR) is 111 cm³/mol. The van der Waals surface area contributed by atoms with E-state index in [-0.39, 0.29) is 30.0 Å². The summed E-state index contributed by atoms with van der Waals surface area (Å²) in [4.78, 5) is 31.5. The van der Waals surface area contributed by atoms with E-state index in [1.807, 2.05) is 0 Å². The number of benzene rings is 2. The molecule has 3 heterocycles. The van der Waals surface area contributed by atoms with Gasteiger partial charge in [0.15, 0.2) is 11.5 Å². The lowest BCUT2D eigenvalue weighted by molar-refractivity contribution is -0.140. The summed E-state index contributed by atoms with van der Waals surface area (Å²) < 4.78 is 25.4. The second-order valence-corrected chi connectivity index (χ2v) is 7.34. The van der Waals surface area contributed by atoms with Crippen molar-refractivity contribution >= 4 is 17.4 Å². The van der Waals surface area contributed by atoms with Crippen molar-refractivity contribution in [1.82, 2.24) is 9.88 Å². The molecule has 5 rings (SSSR count). The Morgan fingerprint density at radius 2 is 1.84 bits per heavy atom. The number of aliphatic hydroxyl groups excluding tert-OH is 1. The molecule has 0 aliphatic carbocycles. The monoisotopic (exact) mass is 432 g/mol. The number of nitrogens with zero attached hydrogens (tertiary/aromatic N) is 2. The third kappa shape index (κ3) is 3.26. The van der Waals surface area contributed by atoms with E-state index >= 15 is 0 Å². The van der Waals surface area contributed by atoms with Crippen LogP contribution in [-0.2, 0) is 16.1 Å². The normalized spacial score (nSPS) is 18.9. The molecule has 0 saturated carbocycles. The number of aromatic nitrogens is 1. The fraction of sp³-hybridized carbons (Fsp3) is 0.125. The van der Waals surface area contributed by atoms with Crippen LogP contribution < -0.4 is 9.47 Å². The molecule has 7 nitrogen and oxygen atoms in total. The Kier molecular flexibility index (Phi) is 4.82. The minimum Gasteiger partial charge on any atom is -0.507 e. The molecule has 1 aromatic heterocycles. The van der Waals surface area contributed by atoms with Crippen LogP contribution in [0.4, 0.5) is 4.39 Å². The lowest BCUT2D eigenvalue weighted by atomic mass is 9.94. The highest BCUT2D eigenvalue weighted by molar-refractivity contribution is 6.46. The number of carbonyl (C=O) groups is 2. The Morgan fingerprint density at radius 3 is 2.62 bits per heavy atom. The van der Waals surface area contributed by atoms with E-state index in [0.717, 1.165) is 0 Å². The zero-order valence-electron chi connectivity index (χ0n) is 16.7. The molecule has 2 aliphatic rings. The maximum Gasteiger partial charge on any atom is 0.296 e. The predicted octanol–water partition coefficient (Wildman–Crippen LogP) is 3.57. The molecule has 160 valence electrons. The molecule has 1 atom stereocenters. The summed E-state index contributed by atoms with van der Waals surface area (Å²) in [6.07, 6.45) is 1.57. The molecule has 1 N–H and O–H groups in total. The van der Waals surface area contributed by atoms with Crippen LogP contribution in [0.25, 0.3) is 5.76 Å². The number of halogens is 1. The molecule has 2 aromatic carbocycles. The Morgan fingerprint density at radius 1 is 1.06 bits per heavy atom. The van der Waals surface area contributed by atoms with Crippen LogP contribution >= 0.6 is 0 Å². The lowest BCUT2D eigenvalue weighted by Crippen LogP contribution is -2.30. The first-order valence-electron chi connectivity index (χ1n) is 9.87. The lowest BCUT2D eigenvalue weighted by Gasteiger charge is -2.25. The van der Waals surface area contributed by atoms with E-state index in [2.05, 4.69) is 4.98 Å². The van der Waals surface area contributed by atoms with Gasteiger partial charge in [0.25, 0.3) is 11.7 Å². The zero-order chi connectivity index (χ0) is 22.2. The molecular weight excluding hydrogens is 415 g/mol. The van der Waals surface area contributed by atoms with Crippen molar-refractivity contribution in [2.24, 2.45) is 0 Å². The summed E-state index contributed by atoms with van der Waals surface area (Å²) in [5.74, 6) is -1.85. The number of fused-ring (bicyclic) bond motifs is 1. The van der Waals surface area contributed by atoms with Gasteiger partial charge in [0.2, 0.25) is 6.79 Å². The second-order valence-electron chi connectivity index (χ2n) is 7.34. The molecule has 8 heteroatoms. The van der Waals surface area contributed by atoms with E-state index in [0.29, 0.717) is 17.2 Å². The maximum atomic E-state index is 14.8. The first-order valence-corrected chi connectivity index (χ1v) is 9.87. The number of ether oxygens (including phenoxy) is 2. The molecule has 3 aromatic rings. The fourth-order valence-corrected chi connectivity index (χ4v) is 3.93. The van der Waals surface area contributed by atoms with Gasteiger partial charge >= 0.3 is 0 Å². The van der Waals surface area contributed by atoms with Crippen LogP contribution in [0, 0.1) is 5.82 Å². The quantitative estimate of drug-likeness (QED) is 0.385. The summed E-state index contributed by atoms with van der Waals surface area (Å²) in [6.45, 7) is 0.0194. The Bertz CT molecular complexity index is 1260. The van der Waals surface area contributed by atoms with E-state index in [4.69, 9.17) is 9.47 Å². The van der Waals surface area contributed by atoms with Crippen LogP contribution in [0.5, 0.6) is 11.5 Å². The minimum absolute atomic E-state index is 0.0255. The number of amides is 1. The maximum absolute atomic E-state index is 14.8. The number of ketones is 1. The van der Waals surface area contributed by atoms with Crippen LogP contribution in [0.2, 0.25) is 0 Å². The zero-order valence-corrected chi connectivity index (χ0v) is 16.7. The van der Waals surface area contributed by atoms with Crippen molar-refractivity contribution < 1.29 is 28.6 Å². The second kappa shape index (κ2) is 7.81. The SMILES string of the molecule is O=C1C(=O)N(Cc2ccccn2)C(c2ccccc2F)/C1=C(\O)c1ccc2c(c1)OCO2. The first kappa shape index (κ1) is 19.7. The highest BCUT2D eigenvalue weighted by Crippen LogP contribution is 2.42. The summed E-state index contributed by atoms with van der Waals surface area (Å²) in [5.41, 5.74) is 0.685. The Labute approximate surface area is 182 Å².